The van der Waals surface area contributed by atoms with E-state index in [1.165, 1.54) is 23.3 Å². The molecule has 0 spiro atoms. The van der Waals surface area contributed by atoms with E-state index in [-0.39, 0.29) is 17.7 Å². The zero-order valence-corrected chi connectivity index (χ0v) is 18.2. The van der Waals surface area contributed by atoms with Crippen molar-refractivity contribution in [1.82, 2.24) is 19.6 Å². The summed E-state index contributed by atoms with van der Waals surface area (Å²) in [4.78, 5) is 44.0. The maximum atomic E-state index is 13.0. The van der Waals surface area contributed by atoms with Crippen LogP contribution in [0.1, 0.15) is 26.7 Å². The van der Waals surface area contributed by atoms with Gasteiger partial charge in [-0.15, -0.1) is 0 Å². The number of hydrogen-bond acceptors (Lipinski definition) is 6. The molecule has 1 aliphatic rings. The third-order valence-corrected chi connectivity index (χ3v) is 6.08. The van der Waals surface area contributed by atoms with Gasteiger partial charge in [0, 0.05) is 12.7 Å². The highest BCUT2D eigenvalue weighted by molar-refractivity contribution is 9.11. The molecule has 0 radical (unpaired) electrons. The summed E-state index contributed by atoms with van der Waals surface area (Å²) >= 11 is 4.84. The van der Waals surface area contributed by atoms with Crippen molar-refractivity contribution in [3.8, 4) is 0 Å². The number of thiazole rings is 1. The van der Waals surface area contributed by atoms with Crippen molar-refractivity contribution in [2.45, 2.75) is 38.8 Å². The summed E-state index contributed by atoms with van der Waals surface area (Å²) in [7, 11) is 1.25. The highest BCUT2D eigenvalue weighted by Crippen LogP contribution is 2.25. The van der Waals surface area contributed by atoms with Crippen LogP contribution in [0.15, 0.2) is 16.2 Å². The van der Waals surface area contributed by atoms with Crippen molar-refractivity contribution in [1.29, 1.82) is 0 Å². The van der Waals surface area contributed by atoms with Gasteiger partial charge in [-0.2, -0.15) is 0 Å². The molecule has 1 aliphatic heterocycles. The molecule has 0 unspecified atom stereocenters. The summed E-state index contributed by atoms with van der Waals surface area (Å²) in [5.41, 5.74) is 0. The Bertz CT molecular complexity index is 864. The number of aromatic nitrogens is 2. The highest BCUT2D eigenvalue weighted by atomic mass is 79.9. The molecule has 11 heteroatoms. The molecule has 2 N–H and O–H groups in total. The van der Waals surface area contributed by atoms with Crippen LogP contribution in [0.2, 0.25) is 0 Å². The molecular formula is C17H22BrN5O4S. The molecule has 3 amide bonds. The summed E-state index contributed by atoms with van der Waals surface area (Å²) in [5, 5.41) is 5.37. The smallest absolute Gasteiger partial charge is 0.407 e. The van der Waals surface area contributed by atoms with E-state index >= 15 is 0 Å². The van der Waals surface area contributed by atoms with E-state index in [9.17, 15) is 14.4 Å². The quantitative estimate of drug-likeness (QED) is 0.696. The molecule has 0 aromatic carbocycles. The van der Waals surface area contributed by atoms with Gasteiger partial charge in [0.05, 0.1) is 17.1 Å². The van der Waals surface area contributed by atoms with Crippen LogP contribution in [0.5, 0.6) is 0 Å². The van der Waals surface area contributed by atoms with Crippen molar-refractivity contribution < 1.29 is 19.1 Å². The average molecular weight is 472 g/mol. The average Bonchev–Trinajstić information content (AvgIpc) is 3.32. The van der Waals surface area contributed by atoms with Gasteiger partial charge >= 0.3 is 6.09 Å². The molecule has 3 heterocycles. The number of imidazole rings is 1. The number of halogens is 1. The van der Waals surface area contributed by atoms with Crippen molar-refractivity contribution in [3.05, 3.63) is 16.2 Å². The second kappa shape index (κ2) is 8.48. The Labute approximate surface area is 174 Å². The third-order valence-electron chi connectivity index (χ3n) is 4.61. The summed E-state index contributed by atoms with van der Waals surface area (Å²) < 4.78 is 7.37. The van der Waals surface area contributed by atoms with E-state index < -0.39 is 18.2 Å². The van der Waals surface area contributed by atoms with Gasteiger partial charge in [0.1, 0.15) is 12.1 Å². The fourth-order valence-corrected chi connectivity index (χ4v) is 4.57. The molecule has 1 fully saturated rings. The highest BCUT2D eigenvalue weighted by Gasteiger charge is 2.39. The lowest BCUT2D eigenvalue weighted by Gasteiger charge is -2.30. The predicted molar refractivity (Wildman–Crippen MR) is 108 cm³/mol. The predicted octanol–water partition coefficient (Wildman–Crippen LogP) is 2.47. The second-order valence-electron chi connectivity index (χ2n) is 6.89. The van der Waals surface area contributed by atoms with Crippen LogP contribution in [0.3, 0.4) is 0 Å². The summed E-state index contributed by atoms with van der Waals surface area (Å²) in [5.74, 6) is -0.269. The number of nitrogens with one attached hydrogen (secondary N) is 2. The lowest BCUT2D eigenvalue weighted by molar-refractivity contribution is -0.139. The standard InChI is InChI=1S/C17H22BrN5O4S/c1-9(2)13(21-17(26)27-3)15(25)23-6-4-5-10(23)14(24)19-12-8-22-7-11(18)28-16(22)20-12/h7-10,13H,4-6H2,1-3H3,(H,19,24)(H,21,26)/t10-,13-/m0/s1. The van der Waals surface area contributed by atoms with Gasteiger partial charge in [-0.05, 0) is 34.7 Å². The number of methoxy groups -OCH3 is 1. The summed E-state index contributed by atoms with van der Waals surface area (Å²) in [6.07, 6.45) is 4.20. The first kappa shape index (κ1) is 20.6. The Morgan fingerprint density at radius 1 is 1.36 bits per heavy atom. The third kappa shape index (κ3) is 4.30. The van der Waals surface area contributed by atoms with Gasteiger partial charge in [0.2, 0.25) is 11.8 Å². The topological polar surface area (TPSA) is 105 Å². The number of hydrogen-bond donors (Lipinski definition) is 2. The summed E-state index contributed by atoms with van der Waals surface area (Å²) in [6, 6.07) is -1.35. The molecule has 28 heavy (non-hydrogen) atoms. The Morgan fingerprint density at radius 2 is 2.11 bits per heavy atom. The zero-order chi connectivity index (χ0) is 20.4. The van der Waals surface area contributed by atoms with Crippen LogP contribution in [0.25, 0.3) is 4.96 Å². The first-order valence-electron chi connectivity index (χ1n) is 8.90. The van der Waals surface area contributed by atoms with Crippen molar-refractivity contribution in [3.63, 3.8) is 0 Å². The lowest BCUT2D eigenvalue weighted by atomic mass is 10.0. The molecule has 1 saturated heterocycles. The fourth-order valence-electron chi connectivity index (χ4n) is 3.22. The molecule has 9 nitrogen and oxygen atoms in total. The Morgan fingerprint density at radius 3 is 2.75 bits per heavy atom. The Hall–Kier alpha value is -2.14. The molecular weight excluding hydrogens is 450 g/mol. The maximum Gasteiger partial charge on any atom is 0.407 e. The normalized spacial score (nSPS) is 17.8. The molecule has 0 bridgehead atoms. The first-order chi connectivity index (χ1) is 13.3. The Kier molecular flexibility index (Phi) is 6.23. The van der Waals surface area contributed by atoms with Crippen LogP contribution in [-0.2, 0) is 14.3 Å². The molecule has 3 rings (SSSR count). The number of anilines is 1. The largest absolute Gasteiger partial charge is 0.453 e. The number of amides is 3. The monoisotopic (exact) mass is 471 g/mol. The molecule has 0 aliphatic carbocycles. The fraction of sp³-hybridized carbons (Fsp3) is 0.529. The van der Waals surface area contributed by atoms with Gasteiger partial charge < -0.3 is 20.3 Å². The van der Waals surface area contributed by atoms with Gasteiger partial charge in [-0.25, -0.2) is 9.78 Å². The minimum absolute atomic E-state index is 0.144. The molecule has 0 saturated carbocycles. The van der Waals surface area contributed by atoms with E-state index in [1.54, 1.807) is 6.20 Å². The SMILES string of the molecule is COC(=O)N[C@H](C(=O)N1CCC[C@H]1C(=O)Nc1cn2cc(Br)sc2n1)C(C)C. The van der Waals surface area contributed by atoms with E-state index in [2.05, 4.69) is 36.3 Å². The number of carbonyl (C=O) groups excluding carboxylic acids is 3. The van der Waals surface area contributed by atoms with E-state index in [1.807, 2.05) is 24.4 Å². The number of likely N-dealkylation sites (tertiary alicyclic amines) is 1. The minimum atomic E-state index is -0.754. The van der Waals surface area contributed by atoms with E-state index in [0.29, 0.717) is 18.8 Å². The van der Waals surface area contributed by atoms with E-state index in [4.69, 9.17) is 0 Å². The van der Waals surface area contributed by atoms with Gasteiger partial charge in [-0.1, -0.05) is 25.2 Å². The Balaban J connectivity index is 1.71. The molecule has 2 atom stereocenters. The summed E-state index contributed by atoms with van der Waals surface area (Å²) in [6.45, 7) is 4.13. The zero-order valence-electron chi connectivity index (χ0n) is 15.8. The van der Waals surface area contributed by atoms with Crippen LogP contribution in [-0.4, -0.2) is 57.9 Å². The van der Waals surface area contributed by atoms with Crippen LogP contribution < -0.4 is 10.6 Å². The van der Waals surface area contributed by atoms with Crippen LogP contribution in [0, 0.1) is 5.92 Å². The number of nitrogens with zero attached hydrogens (tertiary/aromatic N) is 3. The first-order valence-corrected chi connectivity index (χ1v) is 10.5. The lowest BCUT2D eigenvalue weighted by Crippen LogP contribution is -2.54. The number of ether oxygens (including phenoxy) is 1. The minimum Gasteiger partial charge on any atom is -0.453 e. The second-order valence-corrected chi connectivity index (χ2v) is 9.28. The molecule has 2 aromatic rings. The van der Waals surface area contributed by atoms with Gasteiger partial charge in [-0.3, -0.25) is 14.0 Å². The maximum absolute atomic E-state index is 13.0. The van der Waals surface area contributed by atoms with Crippen LogP contribution in [0.4, 0.5) is 10.6 Å². The number of carbonyl (C=O) groups is 3. The molecule has 2 aromatic heterocycles. The van der Waals surface area contributed by atoms with Crippen LogP contribution >= 0.6 is 27.3 Å². The van der Waals surface area contributed by atoms with Crippen molar-refractivity contribution in [2.75, 3.05) is 19.0 Å². The number of rotatable bonds is 5. The molecule has 152 valence electrons. The number of fused-ring (bicyclic) bond motifs is 1. The van der Waals surface area contributed by atoms with E-state index in [0.717, 1.165) is 15.2 Å². The van der Waals surface area contributed by atoms with Gasteiger partial charge in [0.15, 0.2) is 10.8 Å². The van der Waals surface area contributed by atoms with Crippen molar-refractivity contribution in [2.24, 2.45) is 5.92 Å². The number of alkyl carbamates (subject to hydrolysis) is 1. The van der Waals surface area contributed by atoms with Crippen molar-refractivity contribution >= 4 is 56.0 Å². The van der Waals surface area contributed by atoms with Gasteiger partial charge in [0.25, 0.3) is 0 Å².